The summed E-state index contributed by atoms with van der Waals surface area (Å²) in [4.78, 5) is 11.0. The largest absolute Gasteiger partial charge is 0.476 e. The fourth-order valence-corrected chi connectivity index (χ4v) is 1.77. The quantitative estimate of drug-likeness (QED) is 0.881. The van der Waals surface area contributed by atoms with Crippen LogP contribution in [0.4, 0.5) is 10.1 Å². The molecule has 0 saturated heterocycles. The van der Waals surface area contributed by atoms with Crippen LogP contribution in [0, 0.1) is 5.82 Å². The van der Waals surface area contributed by atoms with Gasteiger partial charge in [0.25, 0.3) is 0 Å². The number of anilines is 1. The molecule has 2 aromatic rings. The molecule has 0 aliphatic carbocycles. The minimum atomic E-state index is -1.23. The van der Waals surface area contributed by atoms with Gasteiger partial charge in [-0.1, -0.05) is 24.8 Å². The minimum absolute atomic E-state index is 0.0267. The van der Waals surface area contributed by atoms with Crippen molar-refractivity contribution in [1.82, 2.24) is 9.78 Å². The molecule has 2 rings (SSSR count). The van der Waals surface area contributed by atoms with E-state index >= 15 is 0 Å². The van der Waals surface area contributed by atoms with Crippen LogP contribution in [0.2, 0.25) is 0 Å². The van der Waals surface area contributed by atoms with Gasteiger partial charge < -0.3 is 10.8 Å². The highest BCUT2D eigenvalue weighted by atomic mass is 19.1. The molecule has 0 radical (unpaired) electrons. The summed E-state index contributed by atoms with van der Waals surface area (Å²) >= 11 is 0. The van der Waals surface area contributed by atoms with Gasteiger partial charge in [0.05, 0.1) is 17.9 Å². The number of nitrogen functional groups attached to an aromatic ring is 1. The summed E-state index contributed by atoms with van der Waals surface area (Å²) < 4.78 is 14.9. The zero-order valence-corrected chi connectivity index (χ0v) is 10.0. The molecule has 0 unspecified atom stereocenters. The van der Waals surface area contributed by atoms with Gasteiger partial charge in [0.15, 0.2) is 5.69 Å². The average molecular weight is 261 g/mol. The van der Waals surface area contributed by atoms with Crippen LogP contribution in [0.25, 0.3) is 6.08 Å². The smallest absolute Gasteiger partial charge is 0.358 e. The number of carboxylic acid groups (broad SMARTS) is 1. The van der Waals surface area contributed by atoms with Crippen LogP contribution < -0.4 is 5.73 Å². The van der Waals surface area contributed by atoms with E-state index in [1.165, 1.54) is 16.8 Å². The second-order valence-electron chi connectivity index (χ2n) is 3.91. The maximum absolute atomic E-state index is 13.6. The molecular formula is C13H12FN3O2. The maximum atomic E-state index is 13.6. The summed E-state index contributed by atoms with van der Waals surface area (Å²) in [5, 5.41) is 12.8. The Balaban J connectivity index is 2.46. The standard InChI is InChI=1S/C13H12FN3O2/c1-2-10-11(15)12(13(18)19)16-17(10)7-8-5-3-4-6-9(8)14/h2-6H,1,7,15H2,(H,18,19). The summed E-state index contributed by atoms with van der Waals surface area (Å²) in [6.45, 7) is 3.65. The van der Waals surface area contributed by atoms with E-state index in [1.54, 1.807) is 18.2 Å². The lowest BCUT2D eigenvalue weighted by atomic mass is 10.2. The molecule has 5 nitrogen and oxygen atoms in total. The van der Waals surface area contributed by atoms with E-state index in [4.69, 9.17) is 10.8 Å². The number of aromatic carboxylic acids is 1. The highest BCUT2D eigenvalue weighted by Gasteiger charge is 2.19. The van der Waals surface area contributed by atoms with Crippen molar-refractivity contribution in [2.45, 2.75) is 6.54 Å². The van der Waals surface area contributed by atoms with Crippen molar-refractivity contribution >= 4 is 17.7 Å². The molecule has 1 aromatic heterocycles. The van der Waals surface area contributed by atoms with Crippen LogP contribution in [0.5, 0.6) is 0 Å². The predicted octanol–water partition coefficient (Wildman–Crippen LogP) is 1.99. The zero-order valence-electron chi connectivity index (χ0n) is 10.0. The van der Waals surface area contributed by atoms with Gasteiger partial charge >= 0.3 is 5.97 Å². The summed E-state index contributed by atoms with van der Waals surface area (Å²) in [5.74, 6) is -1.61. The first-order chi connectivity index (χ1) is 9.04. The van der Waals surface area contributed by atoms with Crippen LogP contribution in [0.15, 0.2) is 30.8 Å². The molecule has 0 bridgehead atoms. The lowest BCUT2D eigenvalue weighted by Gasteiger charge is -2.05. The Labute approximate surface area is 108 Å². The second-order valence-corrected chi connectivity index (χ2v) is 3.91. The summed E-state index contributed by atoms with van der Waals surface area (Å²) in [5.41, 5.74) is 6.20. The Morgan fingerprint density at radius 1 is 1.53 bits per heavy atom. The molecule has 0 atom stereocenters. The first-order valence-electron chi connectivity index (χ1n) is 5.50. The number of halogens is 1. The van der Waals surface area contributed by atoms with Crippen molar-refractivity contribution in [2.24, 2.45) is 0 Å². The lowest BCUT2D eigenvalue weighted by Crippen LogP contribution is -2.07. The van der Waals surface area contributed by atoms with Gasteiger partial charge in [-0.05, 0) is 12.1 Å². The van der Waals surface area contributed by atoms with Crippen LogP contribution in [-0.2, 0) is 6.54 Å². The SMILES string of the molecule is C=Cc1c(N)c(C(=O)O)nn1Cc1ccccc1F. The molecule has 0 spiro atoms. The Hall–Kier alpha value is -2.63. The van der Waals surface area contributed by atoms with Crippen LogP contribution in [0.1, 0.15) is 21.7 Å². The normalized spacial score (nSPS) is 10.4. The van der Waals surface area contributed by atoms with Gasteiger partial charge in [-0.15, -0.1) is 0 Å². The summed E-state index contributed by atoms with van der Waals surface area (Å²) in [6, 6.07) is 6.19. The molecular weight excluding hydrogens is 249 g/mol. The van der Waals surface area contributed by atoms with E-state index in [-0.39, 0.29) is 23.7 Å². The topological polar surface area (TPSA) is 81.1 Å². The van der Waals surface area contributed by atoms with Gasteiger partial charge in [0, 0.05) is 5.56 Å². The second kappa shape index (κ2) is 4.93. The molecule has 0 saturated carbocycles. The Bertz CT molecular complexity index is 649. The Kier molecular flexibility index (Phi) is 3.33. The number of nitrogens with zero attached hydrogens (tertiary/aromatic N) is 2. The number of carboxylic acids is 1. The predicted molar refractivity (Wildman–Crippen MR) is 69.2 cm³/mol. The monoisotopic (exact) mass is 261 g/mol. The molecule has 1 aromatic carbocycles. The van der Waals surface area contributed by atoms with Gasteiger partial charge in [-0.3, -0.25) is 4.68 Å². The van der Waals surface area contributed by atoms with E-state index < -0.39 is 5.97 Å². The van der Waals surface area contributed by atoms with E-state index in [9.17, 15) is 9.18 Å². The number of nitrogens with two attached hydrogens (primary N) is 1. The van der Waals surface area contributed by atoms with Gasteiger partial charge in [0.1, 0.15) is 5.82 Å². The maximum Gasteiger partial charge on any atom is 0.358 e. The first kappa shape index (κ1) is 12.8. The molecule has 1 heterocycles. The fraction of sp³-hybridized carbons (Fsp3) is 0.0769. The third kappa shape index (κ3) is 2.33. The van der Waals surface area contributed by atoms with Crippen molar-refractivity contribution in [2.75, 3.05) is 5.73 Å². The number of rotatable bonds is 4. The third-order valence-electron chi connectivity index (χ3n) is 2.70. The summed E-state index contributed by atoms with van der Waals surface area (Å²) in [7, 11) is 0. The molecule has 0 aliphatic rings. The lowest BCUT2D eigenvalue weighted by molar-refractivity contribution is 0.0690. The van der Waals surface area contributed by atoms with Crippen LogP contribution >= 0.6 is 0 Å². The van der Waals surface area contributed by atoms with E-state index in [0.717, 1.165) is 0 Å². The number of hydrogen-bond acceptors (Lipinski definition) is 3. The number of benzene rings is 1. The van der Waals surface area contributed by atoms with Gasteiger partial charge in [-0.25, -0.2) is 9.18 Å². The highest BCUT2D eigenvalue weighted by Crippen LogP contribution is 2.20. The summed E-state index contributed by atoms with van der Waals surface area (Å²) in [6.07, 6.45) is 1.40. The fourth-order valence-electron chi connectivity index (χ4n) is 1.77. The van der Waals surface area contributed by atoms with Crippen LogP contribution in [0.3, 0.4) is 0 Å². The van der Waals surface area contributed by atoms with E-state index in [0.29, 0.717) is 11.3 Å². The van der Waals surface area contributed by atoms with Crippen molar-refractivity contribution in [1.29, 1.82) is 0 Å². The highest BCUT2D eigenvalue weighted by molar-refractivity contribution is 5.93. The molecule has 6 heteroatoms. The molecule has 3 N–H and O–H groups in total. The first-order valence-corrected chi connectivity index (χ1v) is 5.50. The Morgan fingerprint density at radius 2 is 2.21 bits per heavy atom. The molecule has 0 aliphatic heterocycles. The molecule has 98 valence electrons. The average Bonchev–Trinajstić information content (AvgIpc) is 2.68. The molecule has 0 fully saturated rings. The van der Waals surface area contributed by atoms with Crippen molar-refractivity contribution in [3.05, 3.63) is 53.6 Å². The van der Waals surface area contributed by atoms with Gasteiger partial charge in [0.2, 0.25) is 0 Å². The van der Waals surface area contributed by atoms with E-state index in [1.807, 2.05) is 0 Å². The minimum Gasteiger partial charge on any atom is -0.476 e. The zero-order chi connectivity index (χ0) is 14.0. The number of hydrogen-bond donors (Lipinski definition) is 2. The number of aromatic nitrogens is 2. The van der Waals surface area contributed by atoms with Crippen molar-refractivity contribution in [3.63, 3.8) is 0 Å². The van der Waals surface area contributed by atoms with Gasteiger partial charge in [-0.2, -0.15) is 5.10 Å². The van der Waals surface area contributed by atoms with Crippen molar-refractivity contribution in [3.8, 4) is 0 Å². The van der Waals surface area contributed by atoms with Crippen LogP contribution in [-0.4, -0.2) is 20.9 Å². The Morgan fingerprint density at radius 3 is 2.79 bits per heavy atom. The third-order valence-corrected chi connectivity index (χ3v) is 2.70. The molecule has 0 amide bonds. The van der Waals surface area contributed by atoms with E-state index in [2.05, 4.69) is 11.7 Å². The molecule has 19 heavy (non-hydrogen) atoms. The van der Waals surface area contributed by atoms with Crippen molar-refractivity contribution < 1.29 is 14.3 Å². The number of carbonyl (C=O) groups is 1.